The number of allylic oxidation sites excluding steroid dienone is 2. The van der Waals surface area contributed by atoms with Gasteiger partial charge in [-0.25, -0.2) is 0 Å². The summed E-state index contributed by atoms with van der Waals surface area (Å²) in [5.74, 6) is 2.24. The second-order valence-corrected chi connectivity index (χ2v) is 4.54. The SMILES string of the molecule is CC(C)[C@H]1C=C(N)C[C@H](C)CC1. The van der Waals surface area contributed by atoms with E-state index in [4.69, 9.17) is 5.73 Å². The van der Waals surface area contributed by atoms with E-state index in [0.717, 1.165) is 29.9 Å². The van der Waals surface area contributed by atoms with Gasteiger partial charge in [-0.15, -0.1) is 0 Å². The lowest BCUT2D eigenvalue weighted by Gasteiger charge is -2.15. The van der Waals surface area contributed by atoms with Crippen LogP contribution in [0.2, 0.25) is 0 Å². The van der Waals surface area contributed by atoms with E-state index in [1.54, 1.807) is 0 Å². The molecule has 0 bridgehead atoms. The second kappa shape index (κ2) is 3.97. The highest BCUT2D eigenvalue weighted by molar-refractivity contribution is 5.03. The number of hydrogen-bond acceptors (Lipinski definition) is 1. The highest BCUT2D eigenvalue weighted by atomic mass is 14.6. The van der Waals surface area contributed by atoms with E-state index in [0.29, 0.717) is 0 Å². The normalized spacial score (nSPS) is 31.5. The fourth-order valence-electron chi connectivity index (χ4n) is 1.93. The quantitative estimate of drug-likeness (QED) is 0.638. The summed E-state index contributed by atoms with van der Waals surface area (Å²) in [6, 6.07) is 0. The lowest BCUT2D eigenvalue weighted by Crippen LogP contribution is -2.06. The van der Waals surface area contributed by atoms with Crippen LogP contribution in [0.5, 0.6) is 0 Å². The Morgan fingerprint density at radius 2 is 2.08 bits per heavy atom. The first-order chi connectivity index (χ1) is 5.59. The third-order valence-corrected chi connectivity index (χ3v) is 2.86. The van der Waals surface area contributed by atoms with E-state index < -0.39 is 0 Å². The third-order valence-electron chi connectivity index (χ3n) is 2.86. The predicted molar refractivity (Wildman–Crippen MR) is 53.6 cm³/mol. The largest absolute Gasteiger partial charge is 0.402 e. The van der Waals surface area contributed by atoms with Crippen molar-refractivity contribution in [1.29, 1.82) is 0 Å². The van der Waals surface area contributed by atoms with Crippen LogP contribution in [-0.4, -0.2) is 0 Å². The Kier molecular flexibility index (Phi) is 3.19. The Labute approximate surface area is 76.0 Å². The first kappa shape index (κ1) is 9.63. The van der Waals surface area contributed by atoms with Gasteiger partial charge < -0.3 is 5.73 Å². The molecule has 0 saturated carbocycles. The molecule has 0 spiro atoms. The highest BCUT2D eigenvalue weighted by Gasteiger charge is 2.17. The standard InChI is InChI=1S/C11H21N/c1-8(2)10-5-4-9(3)6-11(12)7-10/h7-10H,4-6,12H2,1-3H3/t9-,10-/m1/s1. The van der Waals surface area contributed by atoms with Crippen molar-refractivity contribution < 1.29 is 0 Å². The van der Waals surface area contributed by atoms with Crippen molar-refractivity contribution in [2.75, 3.05) is 0 Å². The second-order valence-electron chi connectivity index (χ2n) is 4.54. The third kappa shape index (κ3) is 2.54. The van der Waals surface area contributed by atoms with Crippen LogP contribution in [0.1, 0.15) is 40.0 Å². The summed E-state index contributed by atoms with van der Waals surface area (Å²) in [7, 11) is 0. The van der Waals surface area contributed by atoms with Gasteiger partial charge in [0.25, 0.3) is 0 Å². The Balaban J connectivity index is 2.61. The van der Waals surface area contributed by atoms with Crippen LogP contribution < -0.4 is 5.73 Å². The summed E-state index contributed by atoms with van der Waals surface area (Å²) in [6.45, 7) is 6.86. The summed E-state index contributed by atoms with van der Waals surface area (Å²) in [5, 5.41) is 0. The fraction of sp³-hybridized carbons (Fsp3) is 0.818. The number of rotatable bonds is 1. The minimum absolute atomic E-state index is 0.718. The van der Waals surface area contributed by atoms with Gasteiger partial charge in [0.15, 0.2) is 0 Å². The molecule has 0 saturated heterocycles. The Morgan fingerprint density at radius 3 is 2.67 bits per heavy atom. The Morgan fingerprint density at radius 1 is 1.42 bits per heavy atom. The van der Waals surface area contributed by atoms with Gasteiger partial charge >= 0.3 is 0 Å². The van der Waals surface area contributed by atoms with Crippen LogP contribution in [-0.2, 0) is 0 Å². The number of nitrogens with two attached hydrogens (primary N) is 1. The Bertz CT molecular complexity index is 170. The molecule has 1 rings (SSSR count). The lowest BCUT2D eigenvalue weighted by molar-refractivity contribution is 0.398. The molecule has 2 N–H and O–H groups in total. The van der Waals surface area contributed by atoms with E-state index in [2.05, 4.69) is 26.8 Å². The molecule has 0 unspecified atom stereocenters. The molecule has 0 aliphatic heterocycles. The molecule has 0 heterocycles. The zero-order valence-electron chi connectivity index (χ0n) is 8.51. The van der Waals surface area contributed by atoms with Crippen molar-refractivity contribution in [2.24, 2.45) is 23.5 Å². The van der Waals surface area contributed by atoms with Crippen LogP contribution in [0.3, 0.4) is 0 Å². The van der Waals surface area contributed by atoms with Gasteiger partial charge in [-0.05, 0) is 37.0 Å². The van der Waals surface area contributed by atoms with Crippen LogP contribution in [0.25, 0.3) is 0 Å². The van der Waals surface area contributed by atoms with E-state index in [9.17, 15) is 0 Å². The van der Waals surface area contributed by atoms with Gasteiger partial charge in [0.2, 0.25) is 0 Å². The van der Waals surface area contributed by atoms with E-state index >= 15 is 0 Å². The van der Waals surface area contributed by atoms with E-state index in [-0.39, 0.29) is 0 Å². The van der Waals surface area contributed by atoms with Gasteiger partial charge in [0.1, 0.15) is 0 Å². The van der Waals surface area contributed by atoms with Gasteiger partial charge in [0, 0.05) is 5.70 Å². The maximum absolute atomic E-state index is 5.91. The summed E-state index contributed by atoms with van der Waals surface area (Å²) < 4.78 is 0. The first-order valence-electron chi connectivity index (χ1n) is 5.05. The molecule has 70 valence electrons. The van der Waals surface area contributed by atoms with Gasteiger partial charge in [-0.2, -0.15) is 0 Å². The molecular formula is C11H21N. The molecule has 0 radical (unpaired) electrons. The van der Waals surface area contributed by atoms with Crippen LogP contribution >= 0.6 is 0 Å². The molecule has 2 atom stereocenters. The minimum atomic E-state index is 0.718. The summed E-state index contributed by atoms with van der Waals surface area (Å²) in [6.07, 6.45) is 6.04. The monoisotopic (exact) mass is 167 g/mol. The van der Waals surface area contributed by atoms with Crippen LogP contribution in [0, 0.1) is 17.8 Å². The summed E-state index contributed by atoms with van der Waals surface area (Å²) >= 11 is 0. The smallest absolute Gasteiger partial charge is 0.00455 e. The molecular weight excluding hydrogens is 146 g/mol. The maximum atomic E-state index is 5.91. The van der Waals surface area contributed by atoms with E-state index in [1.807, 2.05) is 0 Å². The molecule has 0 aromatic carbocycles. The average Bonchev–Trinajstić information content (AvgIpc) is 2.11. The lowest BCUT2D eigenvalue weighted by atomic mass is 9.90. The molecule has 1 nitrogen and oxygen atoms in total. The van der Waals surface area contributed by atoms with Crippen molar-refractivity contribution in [3.63, 3.8) is 0 Å². The number of hydrogen-bond donors (Lipinski definition) is 1. The first-order valence-corrected chi connectivity index (χ1v) is 5.05. The fourth-order valence-corrected chi connectivity index (χ4v) is 1.93. The molecule has 0 aromatic heterocycles. The van der Waals surface area contributed by atoms with Crippen molar-refractivity contribution in [1.82, 2.24) is 0 Å². The van der Waals surface area contributed by atoms with Crippen molar-refractivity contribution in [2.45, 2.75) is 40.0 Å². The minimum Gasteiger partial charge on any atom is -0.402 e. The van der Waals surface area contributed by atoms with Crippen LogP contribution in [0.15, 0.2) is 11.8 Å². The zero-order chi connectivity index (χ0) is 9.14. The van der Waals surface area contributed by atoms with E-state index in [1.165, 1.54) is 12.8 Å². The maximum Gasteiger partial charge on any atom is 0.00455 e. The average molecular weight is 167 g/mol. The van der Waals surface area contributed by atoms with Crippen molar-refractivity contribution in [3.8, 4) is 0 Å². The molecule has 0 fully saturated rings. The molecule has 1 heteroatoms. The summed E-state index contributed by atoms with van der Waals surface area (Å²) in [4.78, 5) is 0. The Hall–Kier alpha value is -0.460. The highest BCUT2D eigenvalue weighted by Crippen LogP contribution is 2.28. The molecule has 0 aromatic rings. The zero-order valence-corrected chi connectivity index (χ0v) is 8.51. The van der Waals surface area contributed by atoms with Crippen molar-refractivity contribution in [3.05, 3.63) is 11.8 Å². The topological polar surface area (TPSA) is 26.0 Å². The predicted octanol–water partition coefficient (Wildman–Crippen LogP) is 2.92. The van der Waals surface area contributed by atoms with Gasteiger partial charge in [-0.3, -0.25) is 0 Å². The molecule has 0 amide bonds. The molecule has 12 heavy (non-hydrogen) atoms. The van der Waals surface area contributed by atoms with Crippen LogP contribution in [0.4, 0.5) is 0 Å². The van der Waals surface area contributed by atoms with Gasteiger partial charge in [-0.1, -0.05) is 26.8 Å². The summed E-state index contributed by atoms with van der Waals surface area (Å²) in [5.41, 5.74) is 7.02. The molecule has 1 aliphatic carbocycles. The van der Waals surface area contributed by atoms with Crippen molar-refractivity contribution >= 4 is 0 Å². The molecule has 1 aliphatic rings. The van der Waals surface area contributed by atoms with Gasteiger partial charge in [0.05, 0.1) is 0 Å².